The molecule has 29 heavy (non-hydrogen) atoms. The summed E-state index contributed by atoms with van der Waals surface area (Å²) in [6, 6.07) is 11.7. The van der Waals surface area contributed by atoms with Gasteiger partial charge in [0.15, 0.2) is 0 Å². The lowest BCUT2D eigenvalue weighted by atomic mass is 9.86. The first-order chi connectivity index (χ1) is 14.0. The van der Waals surface area contributed by atoms with Crippen LogP contribution in [0, 0.1) is 0 Å². The van der Waals surface area contributed by atoms with E-state index in [1.165, 1.54) is 4.90 Å². The van der Waals surface area contributed by atoms with E-state index in [4.69, 9.17) is 0 Å². The molecule has 0 bridgehead atoms. The number of anilines is 1. The molecular weight excluding hydrogens is 370 g/mol. The third-order valence-electron chi connectivity index (χ3n) is 6.17. The zero-order valence-corrected chi connectivity index (χ0v) is 16.3. The molecule has 0 N–H and O–H groups in total. The van der Waals surface area contributed by atoms with Crippen LogP contribution >= 0.6 is 0 Å². The summed E-state index contributed by atoms with van der Waals surface area (Å²) in [6.45, 7) is 1.27. The molecular formula is C20H21N7O2. The lowest BCUT2D eigenvalue weighted by Gasteiger charge is -2.41. The maximum atomic E-state index is 12.8. The number of aromatic nitrogens is 4. The van der Waals surface area contributed by atoms with Crippen LogP contribution in [-0.2, 0) is 4.79 Å². The van der Waals surface area contributed by atoms with E-state index in [0.717, 1.165) is 16.9 Å². The van der Waals surface area contributed by atoms with Crippen LogP contribution in [0.15, 0.2) is 42.7 Å². The van der Waals surface area contributed by atoms with Crippen LogP contribution < -0.4 is 4.90 Å². The number of piperidine rings is 1. The quantitative estimate of drug-likeness (QED) is 0.618. The molecule has 4 heterocycles. The molecule has 0 saturated carbocycles. The second-order valence-corrected chi connectivity index (χ2v) is 7.60. The molecule has 2 aliphatic heterocycles. The second-order valence-electron chi connectivity index (χ2n) is 7.60. The third kappa shape index (κ3) is 2.50. The molecule has 2 aliphatic rings. The van der Waals surface area contributed by atoms with E-state index in [2.05, 4.69) is 20.2 Å². The average Bonchev–Trinajstić information content (AvgIpc) is 3.30. The predicted molar refractivity (Wildman–Crippen MR) is 106 cm³/mol. The van der Waals surface area contributed by atoms with Gasteiger partial charge in [-0.3, -0.25) is 9.69 Å². The first-order valence-electron chi connectivity index (χ1n) is 9.59. The topological polar surface area (TPSA) is 86.9 Å². The van der Waals surface area contributed by atoms with Crippen molar-refractivity contribution in [2.45, 2.75) is 18.4 Å². The number of amides is 3. The van der Waals surface area contributed by atoms with Crippen molar-refractivity contribution in [3.63, 3.8) is 0 Å². The van der Waals surface area contributed by atoms with Gasteiger partial charge in [0.25, 0.3) is 5.91 Å². The van der Waals surface area contributed by atoms with Gasteiger partial charge in [-0.05, 0) is 18.9 Å². The number of hydrogen-bond acceptors (Lipinski definition) is 6. The van der Waals surface area contributed by atoms with Crippen LogP contribution in [-0.4, -0.2) is 74.3 Å². The Balaban J connectivity index is 1.49. The number of likely N-dealkylation sites (N-methyl/N-ethyl adjacent to an activating group) is 2. The van der Waals surface area contributed by atoms with Crippen molar-refractivity contribution in [2.24, 2.45) is 0 Å². The normalized spacial score (nSPS) is 19.0. The molecule has 0 unspecified atom stereocenters. The second kappa shape index (κ2) is 6.26. The van der Waals surface area contributed by atoms with Crippen LogP contribution in [0.5, 0.6) is 0 Å². The summed E-state index contributed by atoms with van der Waals surface area (Å²) in [5.74, 6) is -0.114. The van der Waals surface area contributed by atoms with E-state index < -0.39 is 5.54 Å². The first-order valence-corrected chi connectivity index (χ1v) is 9.59. The highest BCUT2D eigenvalue weighted by Crippen LogP contribution is 2.37. The highest BCUT2D eigenvalue weighted by atomic mass is 16.2. The monoisotopic (exact) mass is 391 g/mol. The minimum atomic E-state index is -0.748. The molecule has 3 amide bonds. The number of nitrogens with zero attached hydrogens (tertiary/aromatic N) is 7. The van der Waals surface area contributed by atoms with Crippen LogP contribution in [0.2, 0.25) is 0 Å². The molecule has 2 aromatic heterocycles. The Morgan fingerprint density at radius 2 is 1.76 bits per heavy atom. The Morgan fingerprint density at radius 1 is 1.03 bits per heavy atom. The Kier molecular flexibility index (Phi) is 3.80. The predicted octanol–water partition coefficient (Wildman–Crippen LogP) is 1.65. The summed E-state index contributed by atoms with van der Waals surface area (Å²) in [6.07, 6.45) is 2.74. The third-order valence-corrected chi connectivity index (χ3v) is 6.17. The Labute approximate surface area is 167 Å². The van der Waals surface area contributed by atoms with Crippen molar-refractivity contribution in [3.8, 4) is 11.3 Å². The van der Waals surface area contributed by atoms with Crippen LogP contribution in [0.3, 0.4) is 0 Å². The molecule has 9 heteroatoms. The van der Waals surface area contributed by atoms with Gasteiger partial charge in [0, 0.05) is 32.7 Å². The highest BCUT2D eigenvalue weighted by Gasteiger charge is 2.55. The Morgan fingerprint density at radius 3 is 2.41 bits per heavy atom. The number of carbonyl (C=O) groups excluding carboxylic acids is 2. The molecule has 2 saturated heterocycles. The average molecular weight is 391 g/mol. The number of rotatable bonds is 2. The molecule has 1 aromatic carbocycles. The fraction of sp³-hybridized carbons (Fsp3) is 0.350. The van der Waals surface area contributed by atoms with E-state index in [0.29, 0.717) is 31.6 Å². The molecule has 3 aromatic rings. The molecule has 148 valence electrons. The van der Waals surface area contributed by atoms with Crippen LogP contribution in [0.25, 0.3) is 16.9 Å². The number of benzene rings is 1. The summed E-state index contributed by atoms with van der Waals surface area (Å²) in [5.41, 5.74) is 2.70. The van der Waals surface area contributed by atoms with Gasteiger partial charge in [-0.2, -0.15) is 9.61 Å². The van der Waals surface area contributed by atoms with Crippen molar-refractivity contribution >= 4 is 23.3 Å². The molecule has 2 fully saturated rings. The van der Waals surface area contributed by atoms with Crippen LogP contribution in [0.1, 0.15) is 12.8 Å². The van der Waals surface area contributed by atoms with Crippen molar-refractivity contribution < 1.29 is 9.59 Å². The van der Waals surface area contributed by atoms with Gasteiger partial charge in [-0.1, -0.05) is 30.3 Å². The van der Waals surface area contributed by atoms with Crippen molar-refractivity contribution in [2.75, 3.05) is 32.1 Å². The number of fused-ring (bicyclic) bond motifs is 1. The minimum Gasteiger partial charge on any atom is -0.368 e. The minimum absolute atomic E-state index is 0.114. The van der Waals surface area contributed by atoms with Gasteiger partial charge in [0.2, 0.25) is 5.65 Å². The maximum Gasteiger partial charge on any atom is 0.327 e. The summed E-state index contributed by atoms with van der Waals surface area (Å²) in [4.78, 5) is 30.1. The van der Waals surface area contributed by atoms with E-state index in [1.807, 2.05) is 36.4 Å². The van der Waals surface area contributed by atoms with Gasteiger partial charge in [-0.15, -0.1) is 10.2 Å². The van der Waals surface area contributed by atoms with Gasteiger partial charge in [-0.25, -0.2) is 4.79 Å². The molecule has 5 rings (SSSR count). The highest BCUT2D eigenvalue weighted by molar-refractivity contribution is 6.06. The van der Waals surface area contributed by atoms with E-state index in [1.54, 1.807) is 29.8 Å². The number of urea groups is 1. The SMILES string of the molecule is CN1C(=O)N(C)C2(CCN(c3cc(-c4ccccc4)nn4cnnc34)CC2)C1=O. The smallest absolute Gasteiger partial charge is 0.327 e. The molecule has 1 spiro atoms. The van der Waals surface area contributed by atoms with Gasteiger partial charge >= 0.3 is 6.03 Å². The lowest BCUT2D eigenvalue weighted by molar-refractivity contribution is -0.133. The van der Waals surface area contributed by atoms with Crippen LogP contribution in [0.4, 0.5) is 10.5 Å². The maximum absolute atomic E-state index is 12.8. The van der Waals surface area contributed by atoms with Gasteiger partial charge in [0.1, 0.15) is 11.9 Å². The number of carbonyl (C=O) groups is 2. The zero-order chi connectivity index (χ0) is 20.2. The van der Waals surface area contributed by atoms with Crippen molar-refractivity contribution in [1.29, 1.82) is 0 Å². The fourth-order valence-corrected chi connectivity index (χ4v) is 4.41. The van der Waals surface area contributed by atoms with E-state index >= 15 is 0 Å². The fourth-order valence-electron chi connectivity index (χ4n) is 4.41. The summed E-state index contributed by atoms with van der Waals surface area (Å²) < 4.78 is 1.69. The summed E-state index contributed by atoms with van der Waals surface area (Å²) >= 11 is 0. The zero-order valence-electron chi connectivity index (χ0n) is 16.3. The molecule has 0 aliphatic carbocycles. The Hall–Kier alpha value is -3.49. The molecule has 0 radical (unpaired) electrons. The summed E-state index contributed by atoms with van der Waals surface area (Å²) in [7, 11) is 3.27. The van der Waals surface area contributed by atoms with Crippen molar-refractivity contribution in [1.82, 2.24) is 29.6 Å². The first kappa shape index (κ1) is 17.6. The van der Waals surface area contributed by atoms with E-state index in [9.17, 15) is 9.59 Å². The standard InChI is InChI=1S/C20H21N7O2/c1-24-18(28)20(25(2)19(24)29)8-10-26(11-9-20)16-12-15(14-6-4-3-5-7-14)23-27-13-21-22-17(16)27/h3-7,12-13H,8-11H2,1-2H3. The van der Waals surface area contributed by atoms with Gasteiger partial charge in [0.05, 0.1) is 11.4 Å². The largest absolute Gasteiger partial charge is 0.368 e. The number of hydrogen-bond donors (Lipinski definition) is 0. The molecule has 9 nitrogen and oxygen atoms in total. The van der Waals surface area contributed by atoms with E-state index in [-0.39, 0.29) is 11.9 Å². The van der Waals surface area contributed by atoms with Crippen molar-refractivity contribution in [3.05, 3.63) is 42.7 Å². The summed E-state index contributed by atoms with van der Waals surface area (Å²) in [5, 5.41) is 12.9. The van der Waals surface area contributed by atoms with Gasteiger partial charge < -0.3 is 9.80 Å². The lowest BCUT2D eigenvalue weighted by Crippen LogP contribution is -2.55. The Bertz CT molecular complexity index is 1100. The molecule has 0 atom stereocenters. The number of imide groups is 1.